The molecule has 0 amide bonds. The molecule has 0 fully saturated rings. The zero-order valence-electron chi connectivity index (χ0n) is 10.1. The molecular formula is C10H16N4O3. The lowest BCUT2D eigenvalue weighted by Crippen LogP contribution is -2.39. The molecule has 0 spiro atoms. The lowest BCUT2D eigenvalue weighted by atomic mass is 10.1. The first kappa shape index (κ1) is 13.3. The van der Waals surface area contributed by atoms with E-state index in [2.05, 4.69) is 9.97 Å². The second kappa shape index (κ2) is 5.05. The Labute approximate surface area is 99.3 Å². The van der Waals surface area contributed by atoms with Gasteiger partial charge in [-0.3, -0.25) is 10.1 Å². The Morgan fingerprint density at radius 2 is 2.00 bits per heavy atom. The zero-order valence-corrected chi connectivity index (χ0v) is 10.1. The van der Waals surface area contributed by atoms with E-state index in [1.807, 2.05) is 6.92 Å². The van der Waals surface area contributed by atoms with Crippen molar-refractivity contribution in [1.82, 2.24) is 9.97 Å². The molecule has 1 aromatic rings. The summed E-state index contributed by atoms with van der Waals surface area (Å²) in [6.45, 7) is 6.24. The normalized spacial score (nSPS) is 11.3. The van der Waals surface area contributed by atoms with Crippen LogP contribution in [0.2, 0.25) is 0 Å². The van der Waals surface area contributed by atoms with E-state index in [1.165, 1.54) is 0 Å². The van der Waals surface area contributed by atoms with Gasteiger partial charge in [-0.1, -0.05) is 0 Å². The molecule has 0 aliphatic rings. The Bertz CT molecular complexity index is 386. The van der Waals surface area contributed by atoms with Crippen LogP contribution in [0.3, 0.4) is 0 Å². The van der Waals surface area contributed by atoms with Crippen molar-refractivity contribution in [3.8, 4) is 0 Å². The molecule has 7 nitrogen and oxygen atoms in total. The van der Waals surface area contributed by atoms with Crippen LogP contribution in [0, 0.1) is 10.1 Å². The Balaban J connectivity index is 2.86. The van der Waals surface area contributed by atoms with Crippen LogP contribution in [0.15, 0.2) is 12.4 Å². The zero-order chi connectivity index (χ0) is 13.1. The van der Waals surface area contributed by atoms with Gasteiger partial charge in [-0.2, -0.15) is 0 Å². The Hall–Kier alpha value is -1.76. The Morgan fingerprint density at radius 3 is 2.35 bits per heavy atom. The minimum atomic E-state index is -0.874. The van der Waals surface area contributed by atoms with Crippen LogP contribution in [0.4, 0.5) is 11.6 Å². The number of nitrogens with zero attached hydrogens (tertiary/aromatic N) is 4. The Morgan fingerprint density at radius 1 is 1.47 bits per heavy atom. The maximum atomic E-state index is 10.5. The van der Waals surface area contributed by atoms with E-state index in [0.717, 1.165) is 12.4 Å². The van der Waals surface area contributed by atoms with Gasteiger partial charge in [0.1, 0.15) is 12.4 Å². The molecule has 1 aromatic heterocycles. The largest absolute Gasteiger partial charge is 0.389 e. The number of hydrogen-bond acceptors (Lipinski definition) is 6. The standard InChI is InChI=1S/C10H16N4O3/c1-4-13(7-10(2,3)15)9-11-5-8(6-12-9)14(16)17/h5-6,15H,4,7H2,1-3H3. The number of aliphatic hydroxyl groups is 1. The summed E-state index contributed by atoms with van der Waals surface area (Å²) in [4.78, 5) is 19.5. The molecule has 0 aliphatic heterocycles. The molecule has 0 aliphatic carbocycles. The van der Waals surface area contributed by atoms with E-state index < -0.39 is 10.5 Å². The highest BCUT2D eigenvalue weighted by molar-refractivity contribution is 5.34. The van der Waals surface area contributed by atoms with E-state index >= 15 is 0 Å². The first-order valence-corrected chi connectivity index (χ1v) is 5.27. The van der Waals surface area contributed by atoms with Crippen LogP contribution in [-0.4, -0.2) is 38.7 Å². The minimum Gasteiger partial charge on any atom is -0.389 e. The lowest BCUT2D eigenvalue weighted by molar-refractivity contribution is -0.385. The van der Waals surface area contributed by atoms with Gasteiger partial charge >= 0.3 is 5.69 Å². The summed E-state index contributed by atoms with van der Waals surface area (Å²) in [6.07, 6.45) is 2.32. The first-order valence-electron chi connectivity index (χ1n) is 5.27. The summed E-state index contributed by atoms with van der Waals surface area (Å²) in [5.74, 6) is 0.375. The summed E-state index contributed by atoms with van der Waals surface area (Å²) in [7, 11) is 0. The molecule has 1 heterocycles. The number of aromatic nitrogens is 2. The number of hydrogen-bond donors (Lipinski definition) is 1. The van der Waals surface area contributed by atoms with Gasteiger partial charge in [0.05, 0.1) is 10.5 Å². The third kappa shape index (κ3) is 3.95. The van der Waals surface area contributed by atoms with Crippen molar-refractivity contribution in [2.24, 2.45) is 0 Å². The quantitative estimate of drug-likeness (QED) is 0.609. The van der Waals surface area contributed by atoms with Crippen molar-refractivity contribution < 1.29 is 10.0 Å². The predicted octanol–water partition coefficient (Wildman–Crippen LogP) is 0.982. The lowest BCUT2D eigenvalue weighted by Gasteiger charge is -2.27. The van der Waals surface area contributed by atoms with Crippen LogP contribution in [0.1, 0.15) is 20.8 Å². The predicted molar refractivity (Wildman–Crippen MR) is 62.9 cm³/mol. The summed E-state index contributed by atoms with van der Waals surface area (Å²) in [5, 5.41) is 20.2. The molecule has 0 aromatic carbocycles. The summed E-state index contributed by atoms with van der Waals surface area (Å²) < 4.78 is 0. The summed E-state index contributed by atoms with van der Waals surface area (Å²) in [5.41, 5.74) is -1.02. The van der Waals surface area contributed by atoms with Crippen LogP contribution in [0.5, 0.6) is 0 Å². The molecule has 1 N–H and O–H groups in total. The third-order valence-corrected chi connectivity index (χ3v) is 2.08. The van der Waals surface area contributed by atoms with E-state index in [1.54, 1.807) is 18.7 Å². The van der Waals surface area contributed by atoms with Gasteiger partial charge in [-0.15, -0.1) is 0 Å². The van der Waals surface area contributed by atoms with Gasteiger partial charge in [-0.25, -0.2) is 9.97 Å². The van der Waals surface area contributed by atoms with Gasteiger partial charge in [0.25, 0.3) is 0 Å². The second-order valence-corrected chi connectivity index (χ2v) is 4.32. The monoisotopic (exact) mass is 240 g/mol. The highest BCUT2D eigenvalue weighted by Crippen LogP contribution is 2.14. The molecule has 0 radical (unpaired) electrons. The fourth-order valence-corrected chi connectivity index (χ4v) is 1.36. The summed E-state index contributed by atoms with van der Waals surface area (Å²) >= 11 is 0. The van der Waals surface area contributed by atoms with E-state index in [0.29, 0.717) is 19.0 Å². The maximum Gasteiger partial charge on any atom is 0.305 e. The van der Waals surface area contributed by atoms with Crippen LogP contribution in [-0.2, 0) is 0 Å². The molecule has 1 rings (SSSR count). The SMILES string of the molecule is CCN(CC(C)(C)O)c1ncc([N+](=O)[O-])cn1. The smallest absolute Gasteiger partial charge is 0.305 e. The van der Waals surface area contributed by atoms with Crippen LogP contribution < -0.4 is 4.90 Å². The number of anilines is 1. The third-order valence-electron chi connectivity index (χ3n) is 2.08. The average Bonchev–Trinajstić information content (AvgIpc) is 2.25. The van der Waals surface area contributed by atoms with Crippen molar-refractivity contribution in [2.45, 2.75) is 26.4 Å². The molecular weight excluding hydrogens is 224 g/mol. The van der Waals surface area contributed by atoms with Crippen LogP contribution in [0.25, 0.3) is 0 Å². The topological polar surface area (TPSA) is 92.4 Å². The molecule has 7 heteroatoms. The Kier molecular flexibility index (Phi) is 3.95. The van der Waals surface area contributed by atoms with Crippen molar-refractivity contribution in [2.75, 3.05) is 18.0 Å². The molecule has 17 heavy (non-hydrogen) atoms. The highest BCUT2D eigenvalue weighted by atomic mass is 16.6. The van der Waals surface area contributed by atoms with Gasteiger partial charge < -0.3 is 10.0 Å². The molecule has 94 valence electrons. The second-order valence-electron chi connectivity index (χ2n) is 4.32. The van der Waals surface area contributed by atoms with Gasteiger partial charge in [0, 0.05) is 13.1 Å². The molecule has 0 atom stereocenters. The van der Waals surface area contributed by atoms with Crippen molar-refractivity contribution >= 4 is 11.6 Å². The van der Waals surface area contributed by atoms with Gasteiger partial charge in [-0.05, 0) is 20.8 Å². The maximum absolute atomic E-state index is 10.5. The fraction of sp³-hybridized carbons (Fsp3) is 0.600. The van der Waals surface area contributed by atoms with E-state index in [9.17, 15) is 15.2 Å². The number of nitro groups is 1. The molecule has 0 saturated carbocycles. The van der Waals surface area contributed by atoms with Crippen molar-refractivity contribution in [3.63, 3.8) is 0 Å². The van der Waals surface area contributed by atoms with Crippen molar-refractivity contribution in [1.29, 1.82) is 0 Å². The number of likely N-dealkylation sites (N-methyl/N-ethyl adjacent to an activating group) is 1. The fourth-order valence-electron chi connectivity index (χ4n) is 1.36. The molecule has 0 bridgehead atoms. The van der Waals surface area contributed by atoms with Crippen molar-refractivity contribution in [3.05, 3.63) is 22.5 Å². The average molecular weight is 240 g/mol. The number of rotatable bonds is 5. The van der Waals surface area contributed by atoms with E-state index in [-0.39, 0.29) is 5.69 Å². The molecule has 0 saturated heterocycles. The summed E-state index contributed by atoms with van der Waals surface area (Å²) in [6, 6.07) is 0. The van der Waals surface area contributed by atoms with Gasteiger partial charge in [0.15, 0.2) is 0 Å². The van der Waals surface area contributed by atoms with Crippen LogP contribution >= 0.6 is 0 Å². The van der Waals surface area contributed by atoms with Gasteiger partial charge in [0.2, 0.25) is 5.95 Å². The highest BCUT2D eigenvalue weighted by Gasteiger charge is 2.19. The first-order chi connectivity index (χ1) is 7.83. The van der Waals surface area contributed by atoms with E-state index in [4.69, 9.17) is 0 Å². The molecule has 0 unspecified atom stereocenters. The minimum absolute atomic E-state index is 0.145.